The van der Waals surface area contributed by atoms with E-state index in [1.165, 1.54) is 6.92 Å². The molecule has 0 heterocycles. The Labute approximate surface area is 88.4 Å². The van der Waals surface area contributed by atoms with Gasteiger partial charge < -0.3 is 14.9 Å². The Morgan fingerprint density at radius 2 is 1.73 bits per heavy atom. The Balaban J connectivity index is 4.30. The SMILES string of the molecule is CC(C)C(OC(=O)/C=C/C(=O)O)C(C)O. The largest absolute Gasteiger partial charge is 0.478 e. The van der Waals surface area contributed by atoms with Gasteiger partial charge in [-0.05, 0) is 12.8 Å². The van der Waals surface area contributed by atoms with E-state index in [0.29, 0.717) is 6.08 Å². The zero-order chi connectivity index (χ0) is 12.0. The summed E-state index contributed by atoms with van der Waals surface area (Å²) in [6.07, 6.45) is 0.102. The standard InChI is InChI=1S/C10H16O5/c1-6(2)10(7(3)11)15-9(14)5-4-8(12)13/h4-7,10-11H,1-3H3,(H,12,13)/b5-4+. The molecule has 0 fully saturated rings. The number of rotatable bonds is 5. The van der Waals surface area contributed by atoms with E-state index in [1.807, 2.05) is 0 Å². The van der Waals surface area contributed by atoms with Crippen molar-refractivity contribution in [2.75, 3.05) is 0 Å². The molecule has 2 unspecified atom stereocenters. The summed E-state index contributed by atoms with van der Waals surface area (Å²) in [6, 6.07) is 0. The molecule has 0 amide bonds. The second kappa shape index (κ2) is 6.19. The molecule has 86 valence electrons. The second-order valence-corrected chi connectivity index (χ2v) is 3.56. The molecular formula is C10H16O5. The van der Waals surface area contributed by atoms with Crippen LogP contribution in [-0.2, 0) is 14.3 Å². The molecule has 15 heavy (non-hydrogen) atoms. The van der Waals surface area contributed by atoms with E-state index in [0.717, 1.165) is 6.08 Å². The Kier molecular flexibility index (Phi) is 5.62. The first-order chi connectivity index (χ1) is 6.84. The highest BCUT2D eigenvalue weighted by Crippen LogP contribution is 2.11. The summed E-state index contributed by atoms with van der Waals surface area (Å²) < 4.78 is 4.88. The number of aliphatic carboxylic acids is 1. The van der Waals surface area contributed by atoms with E-state index in [-0.39, 0.29) is 5.92 Å². The van der Waals surface area contributed by atoms with E-state index in [2.05, 4.69) is 0 Å². The zero-order valence-corrected chi connectivity index (χ0v) is 9.01. The van der Waals surface area contributed by atoms with E-state index in [9.17, 15) is 14.7 Å². The second-order valence-electron chi connectivity index (χ2n) is 3.56. The first-order valence-electron chi connectivity index (χ1n) is 4.64. The van der Waals surface area contributed by atoms with Crippen LogP contribution < -0.4 is 0 Å². The van der Waals surface area contributed by atoms with Crippen LogP contribution in [0.1, 0.15) is 20.8 Å². The lowest BCUT2D eigenvalue weighted by molar-refractivity contribution is -0.152. The van der Waals surface area contributed by atoms with Gasteiger partial charge in [-0.3, -0.25) is 0 Å². The van der Waals surface area contributed by atoms with Crippen LogP contribution in [-0.4, -0.2) is 34.4 Å². The van der Waals surface area contributed by atoms with Crippen molar-refractivity contribution in [1.82, 2.24) is 0 Å². The minimum atomic E-state index is -1.22. The number of hydrogen-bond acceptors (Lipinski definition) is 4. The van der Waals surface area contributed by atoms with Gasteiger partial charge >= 0.3 is 11.9 Å². The maximum Gasteiger partial charge on any atom is 0.331 e. The monoisotopic (exact) mass is 216 g/mol. The van der Waals surface area contributed by atoms with E-state index in [4.69, 9.17) is 9.84 Å². The summed E-state index contributed by atoms with van der Waals surface area (Å²) in [5.74, 6) is -2.02. The summed E-state index contributed by atoms with van der Waals surface area (Å²) in [6.45, 7) is 5.11. The van der Waals surface area contributed by atoms with Crippen molar-refractivity contribution < 1.29 is 24.5 Å². The third-order valence-corrected chi connectivity index (χ3v) is 1.75. The van der Waals surface area contributed by atoms with Crippen LogP contribution in [0, 0.1) is 5.92 Å². The average molecular weight is 216 g/mol. The molecule has 0 spiro atoms. The lowest BCUT2D eigenvalue weighted by Gasteiger charge is -2.23. The molecule has 0 aliphatic carbocycles. The van der Waals surface area contributed by atoms with E-state index < -0.39 is 24.1 Å². The van der Waals surface area contributed by atoms with Crippen molar-refractivity contribution in [3.63, 3.8) is 0 Å². The van der Waals surface area contributed by atoms with Gasteiger partial charge in [0.05, 0.1) is 6.10 Å². The van der Waals surface area contributed by atoms with Crippen molar-refractivity contribution in [3.05, 3.63) is 12.2 Å². The molecule has 0 aliphatic rings. The van der Waals surface area contributed by atoms with Gasteiger partial charge in [-0.25, -0.2) is 9.59 Å². The first kappa shape index (κ1) is 13.6. The molecule has 5 nitrogen and oxygen atoms in total. The summed E-state index contributed by atoms with van der Waals surface area (Å²) in [4.78, 5) is 21.2. The zero-order valence-electron chi connectivity index (χ0n) is 9.01. The van der Waals surface area contributed by atoms with Gasteiger partial charge in [0.25, 0.3) is 0 Å². The molecule has 2 atom stereocenters. The fraction of sp³-hybridized carbons (Fsp3) is 0.600. The Morgan fingerprint density at radius 3 is 2.07 bits per heavy atom. The number of carboxylic acid groups (broad SMARTS) is 1. The van der Waals surface area contributed by atoms with Gasteiger partial charge in [0, 0.05) is 12.2 Å². The predicted octanol–water partition coefficient (Wildman–Crippen LogP) is 0.576. The van der Waals surface area contributed by atoms with Crippen LogP contribution in [0.5, 0.6) is 0 Å². The molecule has 0 saturated carbocycles. The van der Waals surface area contributed by atoms with Crippen LogP contribution in [0.2, 0.25) is 0 Å². The predicted molar refractivity (Wildman–Crippen MR) is 53.2 cm³/mol. The third kappa shape index (κ3) is 5.85. The molecule has 0 saturated heterocycles. The quantitative estimate of drug-likeness (QED) is 0.518. The minimum Gasteiger partial charge on any atom is -0.478 e. The smallest absolute Gasteiger partial charge is 0.331 e. The highest BCUT2D eigenvalue weighted by molar-refractivity contribution is 5.90. The molecule has 0 aromatic rings. The van der Waals surface area contributed by atoms with Gasteiger partial charge in [0.2, 0.25) is 0 Å². The number of aliphatic hydroxyl groups is 1. The average Bonchev–Trinajstić information content (AvgIpc) is 2.09. The number of esters is 1. The van der Waals surface area contributed by atoms with Gasteiger partial charge in [-0.15, -0.1) is 0 Å². The number of carbonyl (C=O) groups excluding carboxylic acids is 1. The topological polar surface area (TPSA) is 83.8 Å². The fourth-order valence-electron chi connectivity index (χ4n) is 1.10. The van der Waals surface area contributed by atoms with Gasteiger partial charge in [0.1, 0.15) is 6.10 Å². The lowest BCUT2D eigenvalue weighted by atomic mass is 10.0. The number of aliphatic hydroxyl groups excluding tert-OH is 1. The van der Waals surface area contributed by atoms with Gasteiger partial charge in [0.15, 0.2) is 0 Å². The molecule has 0 bridgehead atoms. The Bertz CT molecular complexity index is 247. The summed E-state index contributed by atoms with van der Waals surface area (Å²) >= 11 is 0. The lowest BCUT2D eigenvalue weighted by Crippen LogP contribution is -2.33. The van der Waals surface area contributed by atoms with E-state index in [1.54, 1.807) is 13.8 Å². The molecule has 0 aromatic heterocycles. The fourth-order valence-corrected chi connectivity index (χ4v) is 1.10. The van der Waals surface area contributed by atoms with Crippen molar-refractivity contribution in [2.45, 2.75) is 33.0 Å². The highest BCUT2D eigenvalue weighted by Gasteiger charge is 2.22. The van der Waals surface area contributed by atoms with Crippen molar-refractivity contribution in [2.24, 2.45) is 5.92 Å². The Hall–Kier alpha value is -1.36. The number of hydrogen-bond donors (Lipinski definition) is 2. The maximum atomic E-state index is 11.1. The molecule has 0 rings (SSSR count). The summed E-state index contributed by atoms with van der Waals surface area (Å²) in [7, 11) is 0. The van der Waals surface area contributed by atoms with Crippen LogP contribution in [0.15, 0.2) is 12.2 Å². The summed E-state index contributed by atoms with van der Waals surface area (Å²) in [5.41, 5.74) is 0. The molecule has 0 radical (unpaired) electrons. The van der Waals surface area contributed by atoms with Crippen LogP contribution in [0.25, 0.3) is 0 Å². The molecule has 0 aromatic carbocycles. The summed E-state index contributed by atoms with van der Waals surface area (Å²) in [5, 5.41) is 17.6. The first-order valence-corrected chi connectivity index (χ1v) is 4.64. The highest BCUT2D eigenvalue weighted by atomic mass is 16.6. The van der Waals surface area contributed by atoms with Crippen LogP contribution >= 0.6 is 0 Å². The molecular weight excluding hydrogens is 200 g/mol. The van der Waals surface area contributed by atoms with E-state index >= 15 is 0 Å². The number of carboxylic acids is 1. The van der Waals surface area contributed by atoms with Gasteiger partial charge in [-0.1, -0.05) is 13.8 Å². The van der Waals surface area contributed by atoms with Crippen LogP contribution in [0.3, 0.4) is 0 Å². The minimum absolute atomic E-state index is 0.0350. The van der Waals surface area contributed by atoms with Gasteiger partial charge in [-0.2, -0.15) is 0 Å². The number of carbonyl (C=O) groups is 2. The molecule has 5 heteroatoms. The maximum absolute atomic E-state index is 11.1. The van der Waals surface area contributed by atoms with Crippen LogP contribution in [0.4, 0.5) is 0 Å². The number of ether oxygens (including phenoxy) is 1. The normalized spacial score (nSPS) is 15.3. The van der Waals surface area contributed by atoms with Crippen molar-refractivity contribution in [3.8, 4) is 0 Å². The Morgan fingerprint density at radius 1 is 1.20 bits per heavy atom. The van der Waals surface area contributed by atoms with Crippen molar-refractivity contribution in [1.29, 1.82) is 0 Å². The molecule has 0 aliphatic heterocycles. The third-order valence-electron chi connectivity index (χ3n) is 1.75. The molecule has 2 N–H and O–H groups in total. The van der Waals surface area contributed by atoms with Crippen molar-refractivity contribution >= 4 is 11.9 Å².